The average Bonchev–Trinajstić information content (AvgIpc) is 3.27. The predicted molar refractivity (Wildman–Crippen MR) is 121 cm³/mol. The summed E-state index contributed by atoms with van der Waals surface area (Å²) in [5.41, 5.74) is 3.08. The number of benzene rings is 1. The van der Waals surface area contributed by atoms with Gasteiger partial charge in [-0.25, -0.2) is 9.79 Å². The van der Waals surface area contributed by atoms with Crippen molar-refractivity contribution in [1.82, 2.24) is 14.3 Å². The largest absolute Gasteiger partial charge is 0.508 e. The molecule has 0 spiro atoms. The van der Waals surface area contributed by atoms with Crippen molar-refractivity contribution in [3.05, 3.63) is 78.2 Å². The van der Waals surface area contributed by atoms with E-state index in [1.807, 2.05) is 24.6 Å². The predicted octanol–water partition coefficient (Wildman–Crippen LogP) is 2.03. The second kappa shape index (κ2) is 8.58. The molecule has 1 aliphatic heterocycles. The monoisotopic (exact) mass is 452 g/mol. The molecule has 1 aromatic carbocycles. The van der Waals surface area contributed by atoms with E-state index in [-0.39, 0.29) is 17.9 Å². The Hall–Kier alpha value is -3.46. The number of carbonyl (C=O) groups is 1. The molecule has 0 unspecified atom stereocenters. The molecule has 0 fully saturated rings. The third-order valence-electron chi connectivity index (χ3n) is 5.45. The fraction of sp³-hybridized carbons (Fsp3) is 0.304. The van der Waals surface area contributed by atoms with Crippen LogP contribution in [0.25, 0.3) is 6.08 Å². The van der Waals surface area contributed by atoms with Crippen molar-refractivity contribution in [3.63, 3.8) is 0 Å². The van der Waals surface area contributed by atoms with E-state index >= 15 is 0 Å². The fourth-order valence-electron chi connectivity index (χ4n) is 3.83. The molecule has 0 bridgehead atoms. The van der Waals surface area contributed by atoms with Gasteiger partial charge in [-0.3, -0.25) is 14.0 Å². The average molecular weight is 453 g/mol. The highest BCUT2D eigenvalue weighted by Crippen LogP contribution is 2.31. The first-order chi connectivity index (χ1) is 15.3. The summed E-state index contributed by atoms with van der Waals surface area (Å²) in [6.45, 7) is 8.40. The Labute approximate surface area is 188 Å². The van der Waals surface area contributed by atoms with Gasteiger partial charge < -0.3 is 9.84 Å². The van der Waals surface area contributed by atoms with Crippen molar-refractivity contribution in [2.75, 3.05) is 6.61 Å². The summed E-state index contributed by atoms with van der Waals surface area (Å²) in [6.07, 6.45) is 3.55. The summed E-state index contributed by atoms with van der Waals surface area (Å²) < 4.78 is 9.18. The van der Waals surface area contributed by atoms with Gasteiger partial charge in [0.15, 0.2) is 4.80 Å². The molecule has 3 aromatic rings. The van der Waals surface area contributed by atoms with Crippen LogP contribution in [-0.2, 0) is 16.1 Å². The lowest BCUT2D eigenvalue weighted by Crippen LogP contribution is -2.39. The van der Waals surface area contributed by atoms with Crippen molar-refractivity contribution in [2.45, 2.75) is 40.3 Å². The van der Waals surface area contributed by atoms with Crippen LogP contribution < -0.4 is 14.9 Å². The van der Waals surface area contributed by atoms with Crippen LogP contribution in [0.3, 0.4) is 0 Å². The van der Waals surface area contributed by atoms with Crippen molar-refractivity contribution in [1.29, 1.82) is 0 Å². The minimum atomic E-state index is -0.701. The van der Waals surface area contributed by atoms with Gasteiger partial charge in [-0.2, -0.15) is 5.10 Å². The van der Waals surface area contributed by atoms with Crippen molar-refractivity contribution in [2.24, 2.45) is 4.99 Å². The minimum Gasteiger partial charge on any atom is -0.508 e. The number of fused-ring (bicyclic) bond motifs is 1. The number of thiazole rings is 1. The van der Waals surface area contributed by atoms with E-state index in [0.29, 0.717) is 26.2 Å². The van der Waals surface area contributed by atoms with Crippen molar-refractivity contribution in [3.8, 4) is 5.75 Å². The molecular formula is C23H24N4O4S. The van der Waals surface area contributed by atoms with E-state index in [9.17, 15) is 14.7 Å². The van der Waals surface area contributed by atoms with Gasteiger partial charge in [-0.15, -0.1) is 0 Å². The van der Waals surface area contributed by atoms with E-state index in [2.05, 4.69) is 10.1 Å². The number of aromatic nitrogens is 3. The SMILES string of the molecule is CCOC(=O)C1=C(C)N=c2s/c(=C/c3cnn(CC)c3C)c(=O)n2[C@H]1c1ccc(O)cc1. The molecule has 9 heteroatoms. The van der Waals surface area contributed by atoms with E-state index in [4.69, 9.17) is 4.74 Å². The van der Waals surface area contributed by atoms with Gasteiger partial charge in [0.2, 0.25) is 0 Å². The first kappa shape index (κ1) is 21.8. The molecule has 1 aliphatic rings. The molecule has 0 amide bonds. The summed E-state index contributed by atoms with van der Waals surface area (Å²) in [5, 5.41) is 14.1. The third kappa shape index (κ3) is 3.69. The van der Waals surface area contributed by atoms with E-state index in [1.54, 1.807) is 32.2 Å². The molecule has 2 aromatic heterocycles. The molecular weight excluding hydrogens is 428 g/mol. The molecule has 1 atom stereocenters. The van der Waals surface area contributed by atoms with E-state index in [0.717, 1.165) is 17.8 Å². The van der Waals surface area contributed by atoms with Crippen LogP contribution in [0.4, 0.5) is 0 Å². The van der Waals surface area contributed by atoms with Gasteiger partial charge in [0.1, 0.15) is 5.75 Å². The molecule has 166 valence electrons. The minimum absolute atomic E-state index is 0.1000. The Morgan fingerprint density at radius 2 is 1.97 bits per heavy atom. The zero-order valence-corrected chi connectivity index (χ0v) is 19.1. The van der Waals surface area contributed by atoms with Gasteiger partial charge in [0, 0.05) is 17.8 Å². The second-order valence-corrected chi connectivity index (χ2v) is 8.40. The number of ether oxygens (including phenoxy) is 1. The first-order valence-corrected chi connectivity index (χ1v) is 11.2. The van der Waals surface area contributed by atoms with Crippen LogP contribution in [0, 0.1) is 6.92 Å². The van der Waals surface area contributed by atoms with Crippen LogP contribution in [0.1, 0.15) is 43.6 Å². The third-order valence-corrected chi connectivity index (χ3v) is 6.44. The quantitative estimate of drug-likeness (QED) is 0.598. The number of allylic oxidation sites excluding steroid dienone is 1. The topological polar surface area (TPSA) is 98.7 Å². The van der Waals surface area contributed by atoms with Crippen molar-refractivity contribution >= 4 is 23.4 Å². The standard InChI is InChI=1S/C23H24N4O4S/c1-5-26-14(4)16(12-24-26)11-18-21(29)27-20(15-7-9-17(28)10-8-15)19(22(30)31-6-2)13(3)25-23(27)32-18/h7-12,20,28H,5-6H2,1-4H3/b18-11+/t20-/m0/s1. The van der Waals surface area contributed by atoms with Gasteiger partial charge in [0.05, 0.1) is 34.6 Å². The summed E-state index contributed by atoms with van der Waals surface area (Å²) in [4.78, 5) is 31.4. The molecule has 3 heterocycles. The summed E-state index contributed by atoms with van der Waals surface area (Å²) >= 11 is 1.27. The van der Waals surface area contributed by atoms with Gasteiger partial charge in [0.25, 0.3) is 5.56 Å². The highest BCUT2D eigenvalue weighted by Gasteiger charge is 2.33. The zero-order chi connectivity index (χ0) is 23.0. The molecule has 0 radical (unpaired) electrons. The second-order valence-electron chi connectivity index (χ2n) is 7.39. The molecule has 0 saturated heterocycles. The van der Waals surface area contributed by atoms with Crippen LogP contribution in [0.15, 0.2) is 51.5 Å². The molecule has 0 aliphatic carbocycles. The number of hydrogen-bond acceptors (Lipinski definition) is 7. The Balaban J connectivity index is 1.95. The van der Waals surface area contributed by atoms with Gasteiger partial charge in [-0.05, 0) is 51.5 Å². The van der Waals surface area contributed by atoms with Crippen LogP contribution in [0.2, 0.25) is 0 Å². The maximum Gasteiger partial charge on any atom is 0.338 e. The Kier molecular flexibility index (Phi) is 5.84. The number of hydrogen-bond donors (Lipinski definition) is 1. The maximum absolute atomic E-state index is 13.5. The lowest BCUT2D eigenvalue weighted by Gasteiger charge is -2.24. The smallest absolute Gasteiger partial charge is 0.338 e. The Morgan fingerprint density at radius 3 is 2.59 bits per heavy atom. The van der Waals surface area contributed by atoms with Crippen LogP contribution in [0.5, 0.6) is 5.75 Å². The Morgan fingerprint density at radius 1 is 1.25 bits per heavy atom. The van der Waals surface area contributed by atoms with Crippen LogP contribution in [-0.4, -0.2) is 32.0 Å². The Bertz CT molecular complexity index is 1390. The lowest BCUT2D eigenvalue weighted by molar-refractivity contribution is -0.139. The highest BCUT2D eigenvalue weighted by molar-refractivity contribution is 7.07. The van der Waals surface area contributed by atoms with Gasteiger partial charge >= 0.3 is 5.97 Å². The highest BCUT2D eigenvalue weighted by atomic mass is 32.1. The van der Waals surface area contributed by atoms with Crippen LogP contribution >= 0.6 is 11.3 Å². The molecule has 1 N–H and O–H groups in total. The normalized spacial score (nSPS) is 16.1. The van der Waals surface area contributed by atoms with Crippen molar-refractivity contribution < 1.29 is 14.6 Å². The van der Waals surface area contributed by atoms with E-state index in [1.165, 1.54) is 28.0 Å². The summed E-state index contributed by atoms with van der Waals surface area (Å²) in [7, 11) is 0. The molecule has 32 heavy (non-hydrogen) atoms. The molecule has 0 saturated carbocycles. The fourth-order valence-corrected chi connectivity index (χ4v) is 4.86. The maximum atomic E-state index is 13.5. The van der Waals surface area contributed by atoms with E-state index < -0.39 is 12.0 Å². The number of aryl methyl sites for hydroxylation is 1. The number of nitrogens with zero attached hydrogens (tertiary/aromatic N) is 4. The molecule has 8 nitrogen and oxygen atoms in total. The van der Waals surface area contributed by atoms with Gasteiger partial charge in [-0.1, -0.05) is 23.5 Å². The molecule has 4 rings (SSSR count). The number of rotatable bonds is 5. The summed E-state index contributed by atoms with van der Waals surface area (Å²) in [6, 6.07) is 5.76. The number of aromatic hydroxyl groups is 1. The number of phenolic OH excluding ortho intramolecular Hbond substituents is 1. The number of carbonyl (C=O) groups excluding carboxylic acids is 1. The zero-order valence-electron chi connectivity index (χ0n) is 18.3. The lowest BCUT2D eigenvalue weighted by atomic mass is 9.96. The first-order valence-electron chi connectivity index (χ1n) is 10.4. The summed E-state index contributed by atoms with van der Waals surface area (Å²) in [5.74, 6) is -0.413. The number of phenols is 1. The number of esters is 1.